The Labute approximate surface area is 121 Å². The van der Waals surface area contributed by atoms with Crippen molar-refractivity contribution in [3.05, 3.63) is 57.7 Å². The van der Waals surface area contributed by atoms with Crippen LogP contribution in [0, 0.1) is 3.57 Å². The van der Waals surface area contributed by atoms with Crippen LogP contribution in [0.25, 0.3) is 0 Å². The van der Waals surface area contributed by atoms with Crippen molar-refractivity contribution < 1.29 is 13.2 Å². The van der Waals surface area contributed by atoms with Crippen molar-refractivity contribution in [3.63, 3.8) is 0 Å². The van der Waals surface area contributed by atoms with Gasteiger partial charge in [0.15, 0.2) is 0 Å². The van der Waals surface area contributed by atoms with E-state index in [1.807, 2.05) is 52.9 Å². The van der Waals surface area contributed by atoms with Gasteiger partial charge >= 0.3 is 6.18 Å². The monoisotopic (exact) mass is 380 g/mol. The van der Waals surface area contributed by atoms with E-state index in [-0.39, 0.29) is 0 Å². The molecule has 2 rings (SSSR count). The van der Waals surface area contributed by atoms with Crippen LogP contribution in [-0.2, 0) is 6.18 Å². The van der Waals surface area contributed by atoms with E-state index in [0.717, 1.165) is 15.9 Å². The third kappa shape index (κ3) is 3.41. The van der Waals surface area contributed by atoms with Gasteiger partial charge in [0.1, 0.15) is 0 Å². The molecular formula is C13H8F3IS. The number of hydrogen-bond acceptors (Lipinski definition) is 1. The lowest BCUT2D eigenvalue weighted by Crippen LogP contribution is -2.05. The molecule has 2 aromatic carbocycles. The molecule has 0 aliphatic rings. The van der Waals surface area contributed by atoms with Crippen LogP contribution >= 0.6 is 34.4 Å². The smallest absolute Gasteiger partial charge is 0.166 e. The normalized spacial score (nSPS) is 11.6. The number of halogens is 4. The van der Waals surface area contributed by atoms with Gasteiger partial charge in [0.25, 0.3) is 0 Å². The number of alkyl halides is 3. The van der Waals surface area contributed by atoms with Crippen LogP contribution in [0.2, 0.25) is 0 Å². The topological polar surface area (TPSA) is 0 Å². The van der Waals surface area contributed by atoms with Crippen LogP contribution in [0.1, 0.15) is 5.56 Å². The van der Waals surface area contributed by atoms with Crippen molar-refractivity contribution in [1.82, 2.24) is 0 Å². The summed E-state index contributed by atoms with van der Waals surface area (Å²) in [5.41, 5.74) is -0.607. The lowest BCUT2D eigenvalue weighted by molar-refractivity contribution is -0.137. The second-order valence-electron chi connectivity index (χ2n) is 3.56. The summed E-state index contributed by atoms with van der Waals surface area (Å²) < 4.78 is 38.2. The average Bonchev–Trinajstić information content (AvgIpc) is 2.32. The molecular weight excluding hydrogens is 372 g/mol. The molecule has 0 aromatic heterocycles. The maximum Gasteiger partial charge on any atom is 0.416 e. The average molecular weight is 380 g/mol. The van der Waals surface area contributed by atoms with Crippen molar-refractivity contribution in [2.45, 2.75) is 16.0 Å². The molecule has 0 amide bonds. The minimum atomic E-state index is -4.28. The van der Waals surface area contributed by atoms with Gasteiger partial charge in [-0.3, -0.25) is 0 Å². The van der Waals surface area contributed by atoms with Gasteiger partial charge in [-0.05, 0) is 52.9 Å². The van der Waals surface area contributed by atoms with Crippen LogP contribution in [0.3, 0.4) is 0 Å². The Morgan fingerprint density at radius 2 is 1.61 bits per heavy atom. The molecule has 0 saturated carbocycles. The highest BCUT2D eigenvalue weighted by Crippen LogP contribution is 2.36. The molecule has 18 heavy (non-hydrogen) atoms. The Morgan fingerprint density at radius 1 is 0.944 bits per heavy atom. The van der Waals surface area contributed by atoms with E-state index in [1.54, 1.807) is 0 Å². The summed E-state index contributed by atoms with van der Waals surface area (Å²) in [6.45, 7) is 0. The SMILES string of the molecule is FC(F)(F)c1ccc(Sc2ccccc2)c(I)c1. The van der Waals surface area contributed by atoms with E-state index in [4.69, 9.17) is 0 Å². The summed E-state index contributed by atoms with van der Waals surface area (Å²) in [4.78, 5) is 1.84. The first-order chi connectivity index (χ1) is 8.47. The van der Waals surface area contributed by atoms with Gasteiger partial charge in [-0.2, -0.15) is 13.2 Å². The summed E-state index contributed by atoms with van der Waals surface area (Å²) in [6.07, 6.45) is -4.28. The second-order valence-corrected chi connectivity index (χ2v) is 5.84. The molecule has 0 unspecified atom stereocenters. The lowest BCUT2D eigenvalue weighted by atomic mass is 10.2. The number of benzene rings is 2. The first-order valence-corrected chi connectivity index (χ1v) is 6.96. The van der Waals surface area contributed by atoms with Crippen molar-refractivity contribution in [3.8, 4) is 0 Å². The van der Waals surface area contributed by atoms with Gasteiger partial charge in [0.05, 0.1) is 5.56 Å². The Bertz CT molecular complexity index is 538. The highest BCUT2D eigenvalue weighted by molar-refractivity contribution is 14.1. The molecule has 0 aliphatic heterocycles. The minimum Gasteiger partial charge on any atom is -0.166 e. The maximum atomic E-state index is 12.5. The van der Waals surface area contributed by atoms with E-state index in [9.17, 15) is 13.2 Å². The zero-order valence-electron chi connectivity index (χ0n) is 9.04. The first kappa shape index (κ1) is 13.7. The number of rotatable bonds is 2. The van der Waals surface area contributed by atoms with E-state index in [2.05, 4.69) is 0 Å². The summed E-state index contributed by atoms with van der Waals surface area (Å²) in [7, 11) is 0. The molecule has 0 spiro atoms. The van der Waals surface area contributed by atoms with E-state index in [0.29, 0.717) is 3.57 Å². The van der Waals surface area contributed by atoms with Gasteiger partial charge in [0, 0.05) is 13.4 Å². The van der Waals surface area contributed by atoms with E-state index in [1.165, 1.54) is 23.9 Å². The van der Waals surface area contributed by atoms with Crippen LogP contribution < -0.4 is 0 Å². The quantitative estimate of drug-likeness (QED) is 0.624. The standard InChI is InChI=1S/C13H8F3IS/c14-13(15,16)9-6-7-12(11(17)8-9)18-10-4-2-1-3-5-10/h1-8H. The van der Waals surface area contributed by atoms with Crippen LogP contribution in [0.15, 0.2) is 58.3 Å². The van der Waals surface area contributed by atoms with Gasteiger partial charge < -0.3 is 0 Å². The molecule has 0 fully saturated rings. The Balaban J connectivity index is 2.26. The molecule has 0 nitrogen and oxygen atoms in total. The number of hydrogen-bond donors (Lipinski definition) is 0. The predicted molar refractivity (Wildman–Crippen MR) is 74.7 cm³/mol. The van der Waals surface area contributed by atoms with Gasteiger partial charge in [-0.15, -0.1) is 0 Å². The van der Waals surface area contributed by atoms with Crippen molar-refractivity contribution >= 4 is 34.4 Å². The maximum absolute atomic E-state index is 12.5. The highest BCUT2D eigenvalue weighted by Gasteiger charge is 2.30. The molecule has 0 radical (unpaired) electrons. The van der Waals surface area contributed by atoms with Gasteiger partial charge in [0.2, 0.25) is 0 Å². The Hall–Kier alpha value is -0.690. The fourth-order valence-electron chi connectivity index (χ4n) is 1.38. The summed E-state index contributed by atoms with van der Waals surface area (Å²) in [5.74, 6) is 0. The van der Waals surface area contributed by atoms with E-state index < -0.39 is 11.7 Å². The van der Waals surface area contributed by atoms with Crippen molar-refractivity contribution in [2.75, 3.05) is 0 Å². The molecule has 0 bridgehead atoms. The molecule has 2 aromatic rings. The molecule has 0 aliphatic carbocycles. The summed E-state index contributed by atoms with van der Waals surface area (Å²) in [5, 5.41) is 0. The molecule has 0 N–H and O–H groups in total. The molecule has 0 heterocycles. The molecule has 0 atom stereocenters. The molecule has 94 valence electrons. The first-order valence-electron chi connectivity index (χ1n) is 5.06. The highest BCUT2D eigenvalue weighted by atomic mass is 127. The van der Waals surface area contributed by atoms with Gasteiger partial charge in [-0.25, -0.2) is 0 Å². The summed E-state index contributed by atoms with van der Waals surface area (Å²) >= 11 is 3.39. The second kappa shape index (κ2) is 5.52. The zero-order chi connectivity index (χ0) is 13.2. The minimum absolute atomic E-state index is 0.607. The summed E-state index contributed by atoms with van der Waals surface area (Å²) in [6, 6.07) is 13.4. The fourth-order valence-corrected chi connectivity index (χ4v) is 3.06. The third-order valence-electron chi connectivity index (χ3n) is 2.23. The Morgan fingerprint density at radius 3 is 2.17 bits per heavy atom. The molecule has 0 saturated heterocycles. The Kier molecular flexibility index (Phi) is 4.21. The molecule has 5 heteroatoms. The van der Waals surface area contributed by atoms with Crippen molar-refractivity contribution in [1.29, 1.82) is 0 Å². The fraction of sp³-hybridized carbons (Fsp3) is 0.0769. The van der Waals surface area contributed by atoms with Crippen LogP contribution in [0.5, 0.6) is 0 Å². The predicted octanol–water partition coefficient (Wildman–Crippen LogP) is 5.46. The van der Waals surface area contributed by atoms with Crippen molar-refractivity contribution in [2.24, 2.45) is 0 Å². The largest absolute Gasteiger partial charge is 0.416 e. The third-order valence-corrected chi connectivity index (χ3v) is 4.57. The lowest BCUT2D eigenvalue weighted by Gasteiger charge is -2.09. The van der Waals surface area contributed by atoms with Gasteiger partial charge in [-0.1, -0.05) is 30.0 Å². The van der Waals surface area contributed by atoms with E-state index >= 15 is 0 Å². The zero-order valence-corrected chi connectivity index (χ0v) is 12.0. The van der Waals surface area contributed by atoms with Crippen LogP contribution in [-0.4, -0.2) is 0 Å². The van der Waals surface area contributed by atoms with Crippen LogP contribution in [0.4, 0.5) is 13.2 Å².